The molecule has 1 aromatic carbocycles. The molecule has 2 rings (SSSR count). The average Bonchev–Trinajstić information content (AvgIpc) is 2.53. The molecule has 1 N–H and O–H groups in total. The number of hydrogen-bond acceptors (Lipinski definition) is 4. The summed E-state index contributed by atoms with van der Waals surface area (Å²) < 4.78 is 33.3. The summed E-state index contributed by atoms with van der Waals surface area (Å²) in [5.74, 6) is 0.358. The quantitative estimate of drug-likeness (QED) is 0.865. The Bertz CT molecular complexity index is 713. The van der Waals surface area contributed by atoms with Gasteiger partial charge in [-0.15, -0.1) is 0 Å². The summed E-state index contributed by atoms with van der Waals surface area (Å²) in [5, 5.41) is 0. The molecule has 0 bridgehead atoms. The maximum Gasteiger partial charge on any atom is 0.410 e. The molecule has 0 unspecified atom stereocenters. The van der Waals surface area contributed by atoms with Crippen LogP contribution in [0, 0.1) is 0 Å². The number of carbonyl (C=O) groups excluding carboxylic acids is 1. The molecule has 1 aromatic rings. The second-order valence-corrected chi connectivity index (χ2v) is 9.80. The first-order valence-corrected chi connectivity index (χ1v) is 10.6. The summed E-state index contributed by atoms with van der Waals surface area (Å²) >= 11 is 0. The van der Waals surface area contributed by atoms with Gasteiger partial charge in [0.15, 0.2) is 0 Å². The number of amides is 1. The van der Waals surface area contributed by atoms with Crippen molar-refractivity contribution >= 4 is 16.1 Å². The monoisotopic (exact) mass is 382 g/mol. The maximum atomic E-state index is 12.6. The molecule has 7 heteroatoms. The van der Waals surface area contributed by atoms with Gasteiger partial charge in [0.25, 0.3) is 0 Å². The Morgan fingerprint density at radius 3 is 2.15 bits per heavy atom. The number of sulfonamides is 1. The van der Waals surface area contributed by atoms with Crippen molar-refractivity contribution in [3.63, 3.8) is 0 Å². The zero-order valence-electron chi connectivity index (χ0n) is 16.3. The Kier molecular flexibility index (Phi) is 6.34. The van der Waals surface area contributed by atoms with Crippen LogP contribution in [0.15, 0.2) is 29.2 Å². The van der Waals surface area contributed by atoms with Gasteiger partial charge < -0.3 is 9.64 Å². The predicted octanol–water partition coefficient (Wildman–Crippen LogP) is 3.49. The number of nitrogens with one attached hydrogen (secondary N) is 1. The summed E-state index contributed by atoms with van der Waals surface area (Å²) in [6.07, 6.45) is 0.800. The molecule has 1 amide bonds. The molecule has 1 heterocycles. The summed E-state index contributed by atoms with van der Waals surface area (Å²) in [4.78, 5) is 14.0. The number of rotatable bonds is 4. The molecule has 1 aliphatic rings. The van der Waals surface area contributed by atoms with E-state index in [1.807, 2.05) is 32.9 Å². The van der Waals surface area contributed by atoms with Crippen molar-refractivity contribution in [3.05, 3.63) is 29.8 Å². The van der Waals surface area contributed by atoms with E-state index in [0.29, 0.717) is 31.8 Å². The number of likely N-dealkylation sites (tertiary alicyclic amines) is 1. The van der Waals surface area contributed by atoms with E-state index in [0.717, 1.165) is 5.56 Å². The minimum atomic E-state index is -3.55. The molecule has 26 heavy (non-hydrogen) atoms. The third kappa shape index (κ3) is 5.71. The largest absolute Gasteiger partial charge is 0.444 e. The first-order valence-electron chi connectivity index (χ1n) is 9.08. The topological polar surface area (TPSA) is 75.7 Å². The van der Waals surface area contributed by atoms with Crippen LogP contribution in [0.1, 0.15) is 58.9 Å². The van der Waals surface area contributed by atoms with E-state index in [4.69, 9.17) is 4.74 Å². The van der Waals surface area contributed by atoms with Crippen molar-refractivity contribution in [2.45, 2.75) is 69.9 Å². The zero-order valence-corrected chi connectivity index (χ0v) is 17.1. The van der Waals surface area contributed by atoms with Crippen molar-refractivity contribution in [1.82, 2.24) is 9.62 Å². The van der Waals surface area contributed by atoms with Crippen LogP contribution in [0.5, 0.6) is 0 Å². The van der Waals surface area contributed by atoms with Gasteiger partial charge in [-0.2, -0.15) is 0 Å². The van der Waals surface area contributed by atoms with Gasteiger partial charge in [-0.3, -0.25) is 0 Å². The molecule has 0 spiro atoms. The van der Waals surface area contributed by atoms with Gasteiger partial charge in [0, 0.05) is 19.1 Å². The fraction of sp³-hybridized carbons (Fsp3) is 0.632. The van der Waals surface area contributed by atoms with Gasteiger partial charge in [-0.25, -0.2) is 17.9 Å². The van der Waals surface area contributed by atoms with E-state index >= 15 is 0 Å². The second kappa shape index (κ2) is 7.96. The molecule has 1 fully saturated rings. The van der Waals surface area contributed by atoms with Crippen molar-refractivity contribution in [3.8, 4) is 0 Å². The van der Waals surface area contributed by atoms with Crippen LogP contribution in [-0.4, -0.2) is 44.1 Å². The van der Waals surface area contributed by atoms with Crippen molar-refractivity contribution in [2.24, 2.45) is 0 Å². The highest BCUT2D eigenvalue weighted by atomic mass is 32.2. The van der Waals surface area contributed by atoms with Gasteiger partial charge in [-0.1, -0.05) is 26.0 Å². The van der Waals surface area contributed by atoms with Crippen LogP contribution in [0.25, 0.3) is 0 Å². The van der Waals surface area contributed by atoms with E-state index < -0.39 is 15.6 Å². The summed E-state index contributed by atoms with van der Waals surface area (Å²) in [7, 11) is -3.55. The number of nitrogens with zero attached hydrogens (tertiary/aromatic N) is 1. The van der Waals surface area contributed by atoms with Crippen molar-refractivity contribution in [2.75, 3.05) is 13.1 Å². The second-order valence-electron chi connectivity index (χ2n) is 8.09. The molecule has 0 atom stereocenters. The lowest BCUT2D eigenvalue weighted by molar-refractivity contribution is 0.0203. The van der Waals surface area contributed by atoms with E-state index in [1.54, 1.807) is 17.0 Å². The SMILES string of the molecule is CC(C)c1ccc(S(=O)(=O)NC2CCN(C(=O)OC(C)(C)C)CC2)cc1. The highest BCUT2D eigenvalue weighted by Crippen LogP contribution is 2.20. The van der Waals surface area contributed by atoms with Crippen molar-refractivity contribution < 1.29 is 17.9 Å². The molecular weight excluding hydrogens is 352 g/mol. The van der Waals surface area contributed by atoms with Gasteiger partial charge in [-0.05, 0) is 57.2 Å². The fourth-order valence-electron chi connectivity index (χ4n) is 2.83. The van der Waals surface area contributed by atoms with Crippen LogP contribution in [0.4, 0.5) is 4.79 Å². The van der Waals surface area contributed by atoms with Crippen molar-refractivity contribution in [1.29, 1.82) is 0 Å². The molecule has 1 aliphatic heterocycles. The van der Waals surface area contributed by atoms with Gasteiger partial charge in [0.2, 0.25) is 10.0 Å². The lowest BCUT2D eigenvalue weighted by Crippen LogP contribution is -2.47. The number of hydrogen-bond donors (Lipinski definition) is 1. The number of carbonyl (C=O) groups is 1. The first kappa shape index (κ1) is 20.7. The van der Waals surface area contributed by atoms with E-state index in [2.05, 4.69) is 18.6 Å². The van der Waals surface area contributed by atoms with Gasteiger partial charge >= 0.3 is 6.09 Å². The molecule has 6 nitrogen and oxygen atoms in total. The predicted molar refractivity (Wildman–Crippen MR) is 102 cm³/mol. The molecule has 1 saturated heterocycles. The van der Waals surface area contributed by atoms with Gasteiger partial charge in [0.05, 0.1) is 4.90 Å². The Morgan fingerprint density at radius 1 is 1.15 bits per heavy atom. The molecule has 0 saturated carbocycles. The summed E-state index contributed by atoms with van der Waals surface area (Å²) in [5.41, 5.74) is 0.576. The number of benzene rings is 1. The Hall–Kier alpha value is -1.60. The van der Waals surface area contributed by atoms with Crippen LogP contribution < -0.4 is 4.72 Å². The van der Waals surface area contributed by atoms with Crippen LogP contribution in [0.3, 0.4) is 0 Å². The van der Waals surface area contributed by atoms with E-state index in [1.165, 1.54) is 0 Å². The Morgan fingerprint density at radius 2 is 1.69 bits per heavy atom. The van der Waals surface area contributed by atoms with Gasteiger partial charge in [0.1, 0.15) is 5.60 Å². The highest BCUT2D eigenvalue weighted by molar-refractivity contribution is 7.89. The standard InChI is InChI=1S/C19H30N2O4S/c1-14(2)15-6-8-17(9-7-15)26(23,24)20-16-10-12-21(13-11-16)18(22)25-19(3,4)5/h6-9,14,16,20H,10-13H2,1-5H3. The van der Waals surface area contributed by atoms with Crippen LogP contribution in [-0.2, 0) is 14.8 Å². The molecule has 0 aliphatic carbocycles. The lowest BCUT2D eigenvalue weighted by Gasteiger charge is -2.33. The Balaban J connectivity index is 1.92. The number of piperidine rings is 1. The lowest BCUT2D eigenvalue weighted by atomic mass is 10.0. The fourth-order valence-corrected chi connectivity index (χ4v) is 4.13. The zero-order chi connectivity index (χ0) is 19.5. The molecule has 146 valence electrons. The third-order valence-corrected chi connectivity index (χ3v) is 5.86. The molecule has 0 radical (unpaired) electrons. The van der Waals surface area contributed by atoms with E-state index in [-0.39, 0.29) is 17.0 Å². The normalized spacial score (nSPS) is 16.8. The average molecular weight is 383 g/mol. The minimum Gasteiger partial charge on any atom is -0.444 e. The summed E-state index contributed by atoms with van der Waals surface area (Å²) in [6, 6.07) is 6.82. The smallest absolute Gasteiger partial charge is 0.410 e. The Labute approximate surface area is 157 Å². The van der Waals surface area contributed by atoms with Crippen LogP contribution >= 0.6 is 0 Å². The van der Waals surface area contributed by atoms with Crippen LogP contribution in [0.2, 0.25) is 0 Å². The first-order chi connectivity index (χ1) is 12.0. The maximum absolute atomic E-state index is 12.6. The minimum absolute atomic E-state index is 0.177. The third-order valence-electron chi connectivity index (χ3n) is 4.33. The van der Waals surface area contributed by atoms with E-state index in [9.17, 15) is 13.2 Å². The molecule has 0 aromatic heterocycles. The molecular formula is C19H30N2O4S. The highest BCUT2D eigenvalue weighted by Gasteiger charge is 2.29. The number of ether oxygens (including phenoxy) is 1. The summed E-state index contributed by atoms with van der Waals surface area (Å²) in [6.45, 7) is 10.6.